The maximum Gasteiger partial charge on any atom is 0.294 e. The zero-order valence-electron chi connectivity index (χ0n) is 46.2. The first-order valence-electron chi connectivity index (χ1n) is 27.6. The Hall–Kier alpha value is -9.98. The number of anilines is 2. The number of hydrogen-bond donors (Lipinski definition) is 4. The van der Waals surface area contributed by atoms with Gasteiger partial charge in [0.1, 0.15) is 35.1 Å². The van der Waals surface area contributed by atoms with Crippen LogP contribution in [0.1, 0.15) is 69.6 Å². The Balaban J connectivity index is 0.872. The first kappa shape index (κ1) is 59.2. The van der Waals surface area contributed by atoms with Gasteiger partial charge in [-0.05, 0) is 161 Å². The number of nitrogens with one attached hydrogen (secondary N) is 2. The van der Waals surface area contributed by atoms with Gasteiger partial charge in [-0.2, -0.15) is 16.8 Å². The second-order valence-corrected chi connectivity index (χ2v) is 23.0. The third kappa shape index (κ3) is 14.3. The van der Waals surface area contributed by atoms with Crippen molar-refractivity contribution >= 4 is 76.8 Å². The van der Waals surface area contributed by atoms with E-state index in [0.717, 1.165) is 40.4 Å². The van der Waals surface area contributed by atoms with Crippen molar-refractivity contribution in [3.8, 4) is 23.0 Å². The smallest absolute Gasteiger partial charge is 0.294 e. The predicted octanol–water partition coefficient (Wildman–Crippen LogP) is 13.3. The van der Waals surface area contributed by atoms with Gasteiger partial charge in [0.15, 0.2) is 0 Å². The molecule has 0 bridgehead atoms. The van der Waals surface area contributed by atoms with E-state index in [4.69, 9.17) is 9.47 Å². The third-order valence-electron chi connectivity index (χ3n) is 14.3. The van der Waals surface area contributed by atoms with Gasteiger partial charge in [-0.25, -0.2) is 0 Å². The number of rotatable bonds is 23. The van der Waals surface area contributed by atoms with Crippen LogP contribution < -0.4 is 29.9 Å². The number of ether oxygens (including phenoxy) is 2. The van der Waals surface area contributed by atoms with E-state index in [1.165, 1.54) is 34.1 Å². The van der Waals surface area contributed by atoms with Gasteiger partial charge in [0.2, 0.25) is 11.8 Å². The van der Waals surface area contributed by atoms with Crippen LogP contribution in [0, 0.1) is 0 Å². The number of carbonyl (C=O) groups excluding carboxylic acids is 4. The molecule has 16 nitrogen and oxygen atoms in total. The number of hydrogen-bond acceptors (Lipinski definition) is 10. The molecule has 18 heteroatoms. The van der Waals surface area contributed by atoms with Gasteiger partial charge in [-0.3, -0.25) is 38.1 Å². The van der Waals surface area contributed by atoms with Gasteiger partial charge >= 0.3 is 0 Å². The molecule has 0 aromatic heterocycles. The minimum atomic E-state index is -4.61. The number of fused-ring (bicyclic) bond motifs is 2. The summed E-state index contributed by atoms with van der Waals surface area (Å²) in [6.45, 7) is 0.368. The zero-order chi connectivity index (χ0) is 60.2. The Morgan fingerprint density at radius 2 is 0.802 bits per heavy atom. The molecule has 0 radical (unpaired) electrons. The summed E-state index contributed by atoms with van der Waals surface area (Å²) < 4.78 is 80.6. The minimum absolute atomic E-state index is 0.176. The molecule has 2 atom stereocenters. The lowest BCUT2D eigenvalue weighted by Gasteiger charge is -2.32. The van der Waals surface area contributed by atoms with Crippen molar-refractivity contribution in [3.63, 3.8) is 0 Å². The molecule has 0 heterocycles. The third-order valence-corrected chi connectivity index (χ3v) is 16.1. The number of nitrogens with zero attached hydrogens (tertiary/aromatic N) is 2. The average molecular weight is 1190 g/mol. The highest BCUT2D eigenvalue weighted by molar-refractivity contribution is 7.86. The van der Waals surface area contributed by atoms with Crippen molar-refractivity contribution < 1.29 is 54.6 Å². The van der Waals surface area contributed by atoms with Gasteiger partial charge < -0.3 is 20.1 Å². The van der Waals surface area contributed by atoms with Crippen molar-refractivity contribution in [3.05, 3.63) is 265 Å². The van der Waals surface area contributed by atoms with Crippen molar-refractivity contribution in [2.75, 3.05) is 22.9 Å². The predicted molar refractivity (Wildman–Crippen MR) is 330 cm³/mol. The van der Waals surface area contributed by atoms with E-state index in [2.05, 4.69) is 10.6 Å². The Kier molecular flexibility index (Phi) is 18.4. The monoisotopic (exact) mass is 1190 g/mol. The van der Waals surface area contributed by atoms with Gasteiger partial charge in [0.05, 0.1) is 9.79 Å². The fourth-order valence-electron chi connectivity index (χ4n) is 10.1. The van der Waals surface area contributed by atoms with E-state index in [0.29, 0.717) is 65.2 Å². The summed E-state index contributed by atoms with van der Waals surface area (Å²) in [5.74, 6) is -0.0766. The van der Waals surface area contributed by atoms with E-state index in [1.807, 2.05) is 78.9 Å². The Morgan fingerprint density at radius 3 is 1.28 bits per heavy atom. The lowest BCUT2D eigenvalue weighted by Crippen LogP contribution is -2.44. The van der Waals surface area contributed by atoms with Crippen LogP contribution in [0.4, 0.5) is 11.4 Å². The molecule has 10 rings (SSSR count). The van der Waals surface area contributed by atoms with Crippen LogP contribution in [-0.4, -0.2) is 62.7 Å². The largest absolute Gasteiger partial charge is 0.457 e. The van der Waals surface area contributed by atoms with Gasteiger partial charge in [-0.1, -0.05) is 140 Å². The number of unbranched alkanes of at least 4 members (excludes halogenated alkanes) is 3. The van der Waals surface area contributed by atoms with E-state index in [9.17, 15) is 40.3 Å². The van der Waals surface area contributed by atoms with E-state index in [1.54, 1.807) is 115 Å². The summed E-state index contributed by atoms with van der Waals surface area (Å²) in [6.07, 6.45) is 2.18. The van der Waals surface area contributed by atoms with E-state index < -0.39 is 65.7 Å². The quantitative estimate of drug-likeness (QED) is 0.0347. The fourth-order valence-corrected chi connectivity index (χ4v) is 11.0. The molecular formula is C68H58N4O12S2. The van der Waals surface area contributed by atoms with E-state index >= 15 is 4.79 Å². The molecule has 10 aromatic carbocycles. The molecular weight excluding hydrogens is 1130 g/mol. The summed E-state index contributed by atoms with van der Waals surface area (Å²) in [5.41, 5.74) is 1.71. The number of amides is 4. The average Bonchev–Trinajstić information content (AvgIpc) is 1.38. The Labute approximate surface area is 497 Å². The molecule has 86 heavy (non-hydrogen) atoms. The molecule has 0 aliphatic rings. The molecule has 0 saturated carbocycles. The lowest BCUT2D eigenvalue weighted by atomic mass is 9.99. The normalized spacial score (nSPS) is 12.2. The van der Waals surface area contributed by atoms with Gasteiger partial charge in [0, 0.05) is 35.6 Å². The molecule has 434 valence electrons. The summed E-state index contributed by atoms with van der Waals surface area (Å²) >= 11 is 0. The lowest BCUT2D eigenvalue weighted by molar-refractivity contribution is -0.123. The van der Waals surface area contributed by atoms with Crippen LogP contribution in [0.3, 0.4) is 0 Å². The molecule has 0 fully saturated rings. The second-order valence-electron chi connectivity index (χ2n) is 20.1. The summed E-state index contributed by atoms with van der Waals surface area (Å²) in [4.78, 5) is 61.7. The molecule has 10 aromatic rings. The van der Waals surface area contributed by atoms with Crippen molar-refractivity contribution in [1.82, 2.24) is 10.6 Å². The summed E-state index contributed by atoms with van der Waals surface area (Å²) in [7, 11) is -9.22. The van der Waals surface area contributed by atoms with Crippen molar-refractivity contribution in [1.29, 1.82) is 0 Å². The maximum absolute atomic E-state index is 15.2. The Morgan fingerprint density at radius 1 is 0.395 bits per heavy atom. The highest BCUT2D eigenvalue weighted by Gasteiger charge is 2.36. The van der Waals surface area contributed by atoms with Crippen LogP contribution in [0.2, 0.25) is 0 Å². The van der Waals surface area contributed by atoms with Crippen LogP contribution in [-0.2, 0) is 29.8 Å². The molecule has 0 aliphatic heterocycles. The SMILES string of the molecule is O=C(NCCCCCCNC(=O)C(c1ccc(Oc2ccccc2)cc1)N(C(=O)c1cccc2ccccc12)c1ccc(S(=O)(=O)O)cc1)C(c1ccc(Oc2ccccc2)cc1)N(C(=O)c1ccc2ccccc2c1)c1ccc(S(=O)(=O)O)cc1. The first-order chi connectivity index (χ1) is 41.6. The van der Waals surface area contributed by atoms with Crippen molar-refractivity contribution in [2.24, 2.45) is 0 Å². The van der Waals surface area contributed by atoms with Crippen LogP contribution in [0.25, 0.3) is 21.5 Å². The standard InChI is InChI=1S/C68H58N4O12S2/c73-65(63(49-28-36-57(37-29-49)83-55-20-5-3-6-21-55)71(53-32-40-59(41-33-53)85(77,78)79)67(75)52-27-26-47-16-9-10-18-51(47)46-52)69-44-13-1-2-14-45-70-66(74)64(50-30-38-58(39-31-50)84-56-22-7-4-8-23-56)72(54-34-42-60(43-35-54)86(80,81)82)68(76)62-25-15-19-48-17-11-12-24-61(48)62/h3-12,15-43,46,63-64H,1-2,13-14,44-45H2,(H,69,73)(H,70,74)(H,77,78,79)(H,80,81,82). The molecule has 0 aliphatic carbocycles. The molecule has 4 amide bonds. The minimum Gasteiger partial charge on any atom is -0.457 e. The highest BCUT2D eigenvalue weighted by Crippen LogP contribution is 2.36. The maximum atomic E-state index is 15.2. The van der Waals surface area contributed by atoms with Crippen LogP contribution in [0.15, 0.2) is 252 Å². The Bertz CT molecular complexity index is 4270. The summed E-state index contributed by atoms with van der Waals surface area (Å²) in [5, 5.41) is 9.14. The van der Waals surface area contributed by atoms with Gasteiger partial charge in [-0.15, -0.1) is 0 Å². The van der Waals surface area contributed by atoms with Gasteiger partial charge in [0.25, 0.3) is 32.1 Å². The fraction of sp³-hybridized carbons (Fsp3) is 0.118. The van der Waals surface area contributed by atoms with Crippen LogP contribution in [0.5, 0.6) is 23.0 Å². The summed E-state index contributed by atoms with van der Waals surface area (Å²) in [6, 6.07) is 64.5. The highest BCUT2D eigenvalue weighted by atomic mass is 32.2. The molecule has 0 saturated heterocycles. The second kappa shape index (κ2) is 26.7. The first-order valence-corrected chi connectivity index (χ1v) is 30.5. The topological polar surface area (TPSA) is 226 Å². The number of carbonyl (C=O) groups is 4. The molecule has 4 N–H and O–H groups in total. The molecule has 2 unspecified atom stereocenters. The van der Waals surface area contributed by atoms with Crippen LogP contribution >= 0.6 is 0 Å². The number of benzene rings is 10. The van der Waals surface area contributed by atoms with Crippen molar-refractivity contribution in [2.45, 2.75) is 47.6 Å². The zero-order valence-corrected chi connectivity index (χ0v) is 47.8. The molecule has 0 spiro atoms. The van der Waals surface area contributed by atoms with E-state index in [-0.39, 0.29) is 35.6 Å². The number of para-hydroxylation sites is 2.